The fourth-order valence-corrected chi connectivity index (χ4v) is 2.11. The summed E-state index contributed by atoms with van der Waals surface area (Å²) in [6.07, 6.45) is 0.0185. The summed E-state index contributed by atoms with van der Waals surface area (Å²) < 4.78 is 5.02. The van der Waals surface area contributed by atoms with Crippen molar-refractivity contribution in [2.24, 2.45) is 11.3 Å². The molecule has 1 fully saturated rings. The van der Waals surface area contributed by atoms with E-state index in [0.29, 0.717) is 6.42 Å². The summed E-state index contributed by atoms with van der Waals surface area (Å²) in [6, 6.07) is 9.32. The van der Waals surface area contributed by atoms with Crippen molar-refractivity contribution >= 4 is 12.1 Å². The van der Waals surface area contributed by atoms with Crippen molar-refractivity contribution in [3.8, 4) is 0 Å². The molecule has 1 saturated carbocycles. The average Bonchev–Trinajstić information content (AvgIpc) is 3.07. The minimum atomic E-state index is -0.858. The van der Waals surface area contributed by atoms with Crippen LogP contribution in [0.3, 0.4) is 0 Å². The molecule has 2 atom stereocenters. The van der Waals surface area contributed by atoms with Crippen molar-refractivity contribution in [1.82, 2.24) is 5.32 Å². The number of carbonyl (C=O) groups is 2. The van der Waals surface area contributed by atoms with Crippen LogP contribution >= 0.6 is 0 Å². The van der Waals surface area contributed by atoms with Gasteiger partial charge in [-0.15, -0.1) is 0 Å². The van der Waals surface area contributed by atoms with E-state index >= 15 is 0 Å². The van der Waals surface area contributed by atoms with Crippen LogP contribution in [-0.4, -0.2) is 23.7 Å². The molecule has 0 spiro atoms. The van der Waals surface area contributed by atoms with E-state index in [1.165, 1.54) is 0 Å². The minimum absolute atomic E-state index is 0.0967. The molecule has 0 radical (unpaired) electrons. The van der Waals surface area contributed by atoms with Gasteiger partial charge in [0.1, 0.15) is 6.61 Å². The standard InChI is InChI=1S/C14H17NO4/c1-10-7-14(10,12(16)17)9-15-13(18)19-8-11-5-3-2-4-6-11/h2-6,10H,7-9H2,1H3,(H,15,18)(H,16,17)/t10-,14+/m1/s1. The first-order chi connectivity index (χ1) is 9.04. The zero-order valence-electron chi connectivity index (χ0n) is 10.8. The lowest BCUT2D eigenvalue weighted by Crippen LogP contribution is -2.35. The van der Waals surface area contributed by atoms with Crippen LogP contribution in [0, 0.1) is 11.3 Å². The van der Waals surface area contributed by atoms with E-state index in [4.69, 9.17) is 9.84 Å². The molecule has 1 aromatic rings. The molecule has 5 nitrogen and oxygen atoms in total. The van der Waals surface area contributed by atoms with E-state index in [9.17, 15) is 9.59 Å². The average molecular weight is 263 g/mol. The predicted molar refractivity (Wildman–Crippen MR) is 68.5 cm³/mol. The fourth-order valence-electron chi connectivity index (χ4n) is 2.11. The lowest BCUT2D eigenvalue weighted by molar-refractivity contribution is -0.143. The number of aliphatic carboxylic acids is 1. The second-order valence-corrected chi connectivity index (χ2v) is 4.98. The number of hydrogen-bond acceptors (Lipinski definition) is 3. The zero-order valence-corrected chi connectivity index (χ0v) is 10.8. The summed E-state index contributed by atoms with van der Waals surface area (Å²) in [5.74, 6) is -0.761. The Labute approximate surface area is 111 Å². The number of carboxylic acids is 1. The summed E-state index contributed by atoms with van der Waals surface area (Å²) in [7, 11) is 0. The normalized spacial score (nSPS) is 24.6. The van der Waals surface area contributed by atoms with Crippen LogP contribution in [0.15, 0.2) is 30.3 Å². The van der Waals surface area contributed by atoms with E-state index in [1.807, 2.05) is 37.3 Å². The summed E-state index contributed by atoms with van der Waals surface area (Å²) in [6.45, 7) is 2.17. The molecule has 2 rings (SSSR count). The number of carboxylic acid groups (broad SMARTS) is 1. The van der Waals surface area contributed by atoms with Crippen molar-refractivity contribution in [3.05, 3.63) is 35.9 Å². The van der Waals surface area contributed by atoms with Crippen molar-refractivity contribution in [2.45, 2.75) is 20.0 Å². The van der Waals surface area contributed by atoms with Crippen LogP contribution in [0.5, 0.6) is 0 Å². The maximum Gasteiger partial charge on any atom is 0.407 e. The van der Waals surface area contributed by atoms with Gasteiger partial charge in [0.2, 0.25) is 0 Å². The second kappa shape index (κ2) is 5.30. The van der Waals surface area contributed by atoms with E-state index < -0.39 is 17.5 Å². The van der Waals surface area contributed by atoms with Crippen LogP contribution in [0.4, 0.5) is 4.79 Å². The molecule has 0 saturated heterocycles. The first-order valence-corrected chi connectivity index (χ1v) is 6.22. The van der Waals surface area contributed by atoms with Crippen LogP contribution in [-0.2, 0) is 16.1 Å². The first kappa shape index (κ1) is 13.4. The quantitative estimate of drug-likeness (QED) is 0.852. The number of benzene rings is 1. The molecule has 5 heteroatoms. The summed E-state index contributed by atoms with van der Waals surface area (Å²) in [4.78, 5) is 22.6. The van der Waals surface area contributed by atoms with E-state index in [-0.39, 0.29) is 19.1 Å². The Morgan fingerprint density at radius 1 is 1.42 bits per heavy atom. The second-order valence-electron chi connectivity index (χ2n) is 4.98. The van der Waals surface area contributed by atoms with Gasteiger partial charge in [-0.25, -0.2) is 4.79 Å². The Balaban J connectivity index is 1.75. The Kier molecular flexibility index (Phi) is 3.74. The molecule has 0 bridgehead atoms. The number of amides is 1. The third-order valence-corrected chi connectivity index (χ3v) is 3.64. The van der Waals surface area contributed by atoms with Gasteiger partial charge in [0.15, 0.2) is 0 Å². The molecular weight excluding hydrogens is 246 g/mol. The predicted octanol–water partition coefficient (Wildman–Crippen LogP) is 2.02. The van der Waals surface area contributed by atoms with Gasteiger partial charge in [-0.05, 0) is 17.9 Å². The third kappa shape index (κ3) is 3.05. The van der Waals surface area contributed by atoms with Crippen molar-refractivity contribution in [3.63, 3.8) is 0 Å². The minimum Gasteiger partial charge on any atom is -0.481 e. The van der Waals surface area contributed by atoms with Crippen molar-refractivity contribution < 1.29 is 19.4 Å². The van der Waals surface area contributed by atoms with Gasteiger partial charge in [-0.2, -0.15) is 0 Å². The molecule has 1 aromatic carbocycles. The van der Waals surface area contributed by atoms with E-state index in [2.05, 4.69) is 5.32 Å². The zero-order chi connectivity index (χ0) is 13.9. The molecule has 102 valence electrons. The third-order valence-electron chi connectivity index (χ3n) is 3.64. The Hall–Kier alpha value is -2.04. The van der Waals surface area contributed by atoms with Crippen LogP contribution in [0.25, 0.3) is 0 Å². The number of ether oxygens (including phenoxy) is 1. The van der Waals surface area contributed by atoms with Crippen molar-refractivity contribution in [2.75, 3.05) is 6.54 Å². The summed E-state index contributed by atoms with van der Waals surface area (Å²) in [5.41, 5.74) is 0.0940. The molecule has 0 aromatic heterocycles. The SMILES string of the molecule is C[C@@H]1C[C@@]1(CNC(=O)OCc1ccccc1)C(=O)O. The number of rotatable bonds is 5. The van der Waals surface area contributed by atoms with Gasteiger partial charge in [0, 0.05) is 6.54 Å². The number of nitrogens with one attached hydrogen (secondary N) is 1. The van der Waals surface area contributed by atoms with Crippen LogP contribution in [0.1, 0.15) is 18.9 Å². The van der Waals surface area contributed by atoms with E-state index in [0.717, 1.165) is 5.56 Å². The van der Waals surface area contributed by atoms with Crippen LogP contribution < -0.4 is 5.32 Å². The van der Waals surface area contributed by atoms with Gasteiger partial charge >= 0.3 is 12.1 Å². The fraction of sp³-hybridized carbons (Fsp3) is 0.429. The number of alkyl carbamates (subject to hydrolysis) is 1. The molecular formula is C14H17NO4. The topological polar surface area (TPSA) is 75.6 Å². The number of hydrogen-bond donors (Lipinski definition) is 2. The summed E-state index contributed by atoms with van der Waals surface area (Å²) in [5, 5.41) is 11.6. The summed E-state index contributed by atoms with van der Waals surface area (Å²) >= 11 is 0. The molecule has 2 N–H and O–H groups in total. The monoisotopic (exact) mass is 263 g/mol. The van der Waals surface area contributed by atoms with Crippen molar-refractivity contribution in [1.29, 1.82) is 0 Å². The highest BCUT2D eigenvalue weighted by molar-refractivity contribution is 5.80. The highest BCUT2D eigenvalue weighted by Gasteiger charge is 2.57. The van der Waals surface area contributed by atoms with Gasteiger partial charge in [0.05, 0.1) is 5.41 Å². The smallest absolute Gasteiger partial charge is 0.407 e. The van der Waals surface area contributed by atoms with Gasteiger partial charge < -0.3 is 15.2 Å². The molecule has 0 unspecified atom stereocenters. The Bertz CT molecular complexity index is 474. The highest BCUT2D eigenvalue weighted by Crippen LogP contribution is 2.51. The maximum absolute atomic E-state index is 11.5. The maximum atomic E-state index is 11.5. The Morgan fingerprint density at radius 2 is 2.05 bits per heavy atom. The highest BCUT2D eigenvalue weighted by atomic mass is 16.5. The van der Waals surface area contributed by atoms with Gasteiger partial charge in [0.25, 0.3) is 0 Å². The lowest BCUT2D eigenvalue weighted by Gasteiger charge is -2.12. The molecule has 1 amide bonds. The molecule has 19 heavy (non-hydrogen) atoms. The lowest BCUT2D eigenvalue weighted by atomic mass is 10.1. The Morgan fingerprint density at radius 3 is 2.58 bits per heavy atom. The van der Waals surface area contributed by atoms with E-state index in [1.54, 1.807) is 0 Å². The van der Waals surface area contributed by atoms with Gasteiger partial charge in [-0.1, -0.05) is 37.3 Å². The molecule has 0 heterocycles. The molecule has 1 aliphatic rings. The molecule has 0 aliphatic heterocycles. The first-order valence-electron chi connectivity index (χ1n) is 6.22. The number of carbonyl (C=O) groups excluding carboxylic acids is 1. The molecule has 1 aliphatic carbocycles. The largest absolute Gasteiger partial charge is 0.481 e. The van der Waals surface area contributed by atoms with Gasteiger partial charge in [-0.3, -0.25) is 4.79 Å². The van der Waals surface area contributed by atoms with Crippen LogP contribution in [0.2, 0.25) is 0 Å².